The number of Topliss-reactive ketones (excluding diaryl/α,β-unsaturated/α-hetero) is 2. The normalized spacial score (nSPS) is 14.1. The van der Waals surface area contributed by atoms with Crippen LogP contribution in [-0.4, -0.2) is 11.6 Å². The summed E-state index contributed by atoms with van der Waals surface area (Å²) < 4.78 is 0. The van der Waals surface area contributed by atoms with Crippen molar-refractivity contribution in [2.75, 3.05) is 10.0 Å². The minimum absolute atomic E-state index is 0.221. The Morgan fingerprint density at radius 3 is 1.35 bits per heavy atom. The molecule has 0 saturated carbocycles. The van der Waals surface area contributed by atoms with Crippen LogP contribution in [0.5, 0.6) is 0 Å². The minimum Gasteiger partial charge on any atom is -0.288 e. The van der Waals surface area contributed by atoms with Gasteiger partial charge in [0, 0.05) is 11.1 Å². The first-order valence-electron chi connectivity index (χ1n) is 13.1. The van der Waals surface area contributed by atoms with Crippen LogP contribution in [0, 0.1) is 0 Å². The van der Waals surface area contributed by atoms with E-state index in [1.54, 1.807) is 24.3 Å². The van der Waals surface area contributed by atoms with E-state index in [-0.39, 0.29) is 11.6 Å². The summed E-state index contributed by atoms with van der Waals surface area (Å²) in [6.45, 7) is 0. The topological polar surface area (TPSA) is 40.6 Å². The third-order valence-electron chi connectivity index (χ3n) is 6.75. The predicted molar refractivity (Wildman–Crippen MR) is 161 cm³/mol. The summed E-state index contributed by atoms with van der Waals surface area (Å²) >= 11 is 0. The summed E-state index contributed by atoms with van der Waals surface area (Å²) in [5, 5.41) is 3.84. The lowest BCUT2D eigenvalue weighted by Gasteiger charge is -2.34. The molecule has 192 valence electrons. The van der Waals surface area contributed by atoms with E-state index in [0.717, 1.165) is 16.9 Å². The van der Waals surface area contributed by atoms with Gasteiger partial charge in [-0.15, -0.1) is 0 Å². The number of ketones is 2. The molecule has 0 unspecified atom stereocenters. The molecule has 0 radical (unpaired) electrons. The molecule has 0 aromatic heterocycles. The highest BCUT2D eigenvalue weighted by Gasteiger charge is 2.42. The summed E-state index contributed by atoms with van der Waals surface area (Å²) in [7, 11) is 0. The van der Waals surface area contributed by atoms with E-state index in [0.29, 0.717) is 28.1 Å². The largest absolute Gasteiger partial charge is 0.288 e. The van der Waals surface area contributed by atoms with Gasteiger partial charge in [-0.25, -0.2) is 10.0 Å². The van der Waals surface area contributed by atoms with E-state index in [4.69, 9.17) is 0 Å². The van der Waals surface area contributed by atoms with Gasteiger partial charge in [-0.2, -0.15) is 0 Å². The van der Waals surface area contributed by atoms with Crippen molar-refractivity contribution in [2.24, 2.45) is 0 Å². The third-order valence-corrected chi connectivity index (χ3v) is 6.75. The Labute approximate surface area is 233 Å². The third kappa shape index (κ3) is 4.74. The van der Waals surface area contributed by atoms with Crippen LogP contribution in [0.4, 0.5) is 11.4 Å². The van der Waals surface area contributed by atoms with Crippen LogP contribution in [0.2, 0.25) is 0 Å². The Balaban J connectivity index is 1.70. The van der Waals surface area contributed by atoms with Crippen molar-refractivity contribution in [1.29, 1.82) is 0 Å². The van der Waals surface area contributed by atoms with E-state index in [9.17, 15) is 9.59 Å². The van der Waals surface area contributed by atoms with E-state index < -0.39 is 0 Å². The first-order valence-corrected chi connectivity index (χ1v) is 13.1. The molecule has 4 heteroatoms. The molecule has 0 aliphatic carbocycles. The van der Waals surface area contributed by atoms with Gasteiger partial charge in [0.15, 0.2) is 5.78 Å². The molecular formula is C36H26N2O2. The van der Waals surface area contributed by atoms with Crippen LogP contribution in [0.25, 0.3) is 6.08 Å². The molecule has 0 saturated heterocycles. The maximum Gasteiger partial charge on any atom is 0.212 e. The van der Waals surface area contributed by atoms with Gasteiger partial charge in [0.2, 0.25) is 5.78 Å². The predicted octanol–water partition coefficient (Wildman–Crippen LogP) is 7.99. The number of carbonyl (C=O) groups is 2. The summed E-state index contributed by atoms with van der Waals surface area (Å²) in [6, 6.07) is 47.6. The van der Waals surface area contributed by atoms with Crippen molar-refractivity contribution in [1.82, 2.24) is 0 Å². The number of carbonyl (C=O) groups excluding carboxylic acids is 2. The standard InChI is InChI=1S/C36H26N2O2/c39-35(28-18-8-2-9-19-28)33-32(26-27-16-6-1-7-17-27)37(30-22-12-4-13-23-30)38(31-24-14-5-15-25-31)34(33)36(40)29-20-10-3-11-21-29/h1-26H/b32-26-. The molecule has 5 aromatic rings. The number of rotatable bonds is 7. The number of para-hydroxylation sites is 2. The number of benzene rings is 5. The number of anilines is 2. The average molecular weight is 519 g/mol. The minimum atomic E-state index is -0.235. The van der Waals surface area contributed by atoms with E-state index in [1.807, 2.05) is 143 Å². The Morgan fingerprint density at radius 1 is 0.450 bits per heavy atom. The first-order chi connectivity index (χ1) is 19.7. The van der Waals surface area contributed by atoms with Crippen LogP contribution in [0.15, 0.2) is 169 Å². The lowest BCUT2D eigenvalue weighted by molar-refractivity contribution is 0.100. The Morgan fingerprint density at radius 2 is 0.850 bits per heavy atom. The fourth-order valence-electron chi connectivity index (χ4n) is 4.91. The van der Waals surface area contributed by atoms with Crippen molar-refractivity contribution in [2.45, 2.75) is 0 Å². The molecule has 6 rings (SSSR count). The zero-order chi connectivity index (χ0) is 27.3. The van der Waals surface area contributed by atoms with Gasteiger partial charge in [0.1, 0.15) is 5.70 Å². The Bertz CT molecular complexity index is 1700. The SMILES string of the molecule is O=C(C1=C(C(=O)c2ccccc2)N(c2ccccc2)N(c2ccccc2)/C1=C\c1ccccc1)c1ccccc1. The molecule has 5 aromatic carbocycles. The molecule has 1 heterocycles. The average Bonchev–Trinajstić information content (AvgIpc) is 3.37. The molecule has 1 aliphatic rings. The fraction of sp³-hybridized carbons (Fsp3) is 0. The van der Waals surface area contributed by atoms with Gasteiger partial charge >= 0.3 is 0 Å². The van der Waals surface area contributed by atoms with Crippen molar-refractivity contribution in [3.63, 3.8) is 0 Å². The fourth-order valence-corrected chi connectivity index (χ4v) is 4.91. The quantitative estimate of drug-likeness (QED) is 0.205. The zero-order valence-electron chi connectivity index (χ0n) is 21.7. The van der Waals surface area contributed by atoms with E-state index in [1.165, 1.54) is 0 Å². The molecule has 1 aliphatic heterocycles. The van der Waals surface area contributed by atoms with Gasteiger partial charge in [-0.1, -0.05) is 127 Å². The van der Waals surface area contributed by atoms with Crippen LogP contribution in [0.1, 0.15) is 26.3 Å². The molecule has 0 amide bonds. The van der Waals surface area contributed by atoms with Gasteiger partial charge in [0.25, 0.3) is 0 Å². The van der Waals surface area contributed by atoms with Crippen LogP contribution >= 0.6 is 0 Å². The second-order valence-electron chi connectivity index (χ2n) is 9.35. The smallest absolute Gasteiger partial charge is 0.212 e. The summed E-state index contributed by atoms with van der Waals surface area (Å²) in [5.74, 6) is -0.456. The van der Waals surface area contributed by atoms with Gasteiger partial charge < -0.3 is 0 Å². The van der Waals surface area contributed by atoms with Crippen LogP contribution in [-0.2, 0) is 0 Å². The molecule has 4 nitrogen and oxygen atoms in total. The summed E-state index contributed by atoms with van der Waals surface area (Å²) in [4.78, 5) is 28.9. The molecule has 0 spiro atoms. The highest BCUT2D eigenvalue weighted by molar-refractivity contribution is 6.24. The van der Waals surface area contributed by atoms with Crippen LogP contribution in [0.3, 0.4) is 0 Å². The van der Waals surface area contributed by atoms with Crippen molar-refractivity contribution < 1.29 is 9.59 Å². The molecule has 0 N–H and O–H groups in total. The molecule has 0 bridgehead atoms. The lowest BCUT2D eigenvalue weighted by Crippen LogP contribution is -2.38. The van der Waals surface area contributed by atoms with Gasteiger partial charge in [-0.3, -0.25) is 9.59 Å². The van der Waals surface area contributed by atoms with Gasteiger partial charge in [0.05, 0.1) is 22.6 Å². The first kappa shape index (κ1) is 24.8. The maximum absolute atomic E-state index is 14.4. The monoisotopic (exact) mass is 518 g/mol. The zero-order valence-corrected chi connectivity index (χ0v) is 21.7. The second kappa shape index (κ2) is 11.1. The van der Waals surface area contributed by atoms with Gasteiger partial charge in [-0.05, 0) is 35.9 Å². The second-order valence-corrected chi connectivity index (χ2v) is 9.35. The molecule has 0 atom stereocenters. The van der Waals surface area contributed by atoms with E-state index >= 15 is 0 Å². The van der Waals surface area contributed by atoms with E-state index in [2.05, 4.69) is 0 Å². The highest BCUT2D eigenvalue weighted by atomic mass is 16.1. The number of hydrazine groups is 1. The number of nitrogens with zero attached hydrogens (tertiary/aromatic N) is 2. The Hall–Kier alpha value is -5.48. The summed E-state index contributed by atoms with van der Waals surface area (Å²) in [5.41, 5.74) is 4.79. The maximum atomic E-state index is 14.4. The lowest BCUT2D eigenvalue weighted by atomic mass is 9.95. The highest BCUT2D eigenvalue weighted by Crippen LogP contribution is 2.43. The number of allylic oxidation sites excluding steroid dienone is 2. The van der Waals surface area contributed by atoms with Crippen LogP contribution < -0.4 is 10.0 Å². The Kier molecular flexibility index (Phi) is 6.89. The number of hydrogen-bond donors (Lipinski definition) is 0. The number of hydrogen-bond acceptors (Lipinski definition) is 4. The molecule has 0 fully saturated rings. The van der Waals surface area contributed by atoms with Crippen molar-refractivity contribution >= 4 is 29.0 Å². The van der Waals surface area contributed by atoms with Crippen molar-refractivity contribution in [3.05, 3.63) is 185 Å². The van der Waals surface area contributed by atoms with Crippen molar-refractivity contribution in [3.8, 4) is 0 Å². The molecule has 40 heavy (non-hydrogen) atoms. The summed E-state index contributed by atoms with van der Waals surface area (Å²) in [6.07, 6.45) is 1.98. The molecular weight excluding hydrogens is 492 g/mol.